The summed E-state index contributed by atoms with van der Waals surface area (Å²) in [6.45, 7) is 2.19. The van der Waals surface area contributed by atoms with Gasteiger partial charge in [-0.15, -0.1) is 0 Å². The Balaban J connectivity index is 3.35. The van der Waals surface area contributed by atoms with Crippen LogP contribution in [0.25, 0.3) is 0 Å². The van der Waals surface area contributed by atoms with Gasteiger partial charge in [0.25, 0.3) is 6.43 Å². The highest BCUT2D eigenvalue weighted by Gasteiger charge is 2.07. The smallest absolute Gasteiger partial charge is 0.250 e. The molecule has 0 heterocycles. The Morgan fingerprint density at radius 2 is 2.09 bits per heavy atom. The van der Waals surface area contributed by atoms with Crippen molar-refractivity contribution in [1.29, 1.82) is 0 Å². The Kier molecular flexibility index (Phi) is 6.36. The molecule has 1 atom stereocenters. The molecule has 0 bridgehead atoms. The van der Waals surface area contributed by atoms with Crippen molar-refractivity contribution < 1.29 is 8.78 Å². The van der Waals surface area contributed by atoms with Gasteiger partial charge in [0.1, 0.15) is 0 Å². The molecule has 0 amide bonds. The number of alkyl halides is 2. The molecule has 2 nitrogen and oxygen atoms in total. The Hall–Kier alpha value is -0.220. The lowest BCUT2D eigenvalue weighted by Gasteiger charge is -2.14. The van der Waals surface area contributed by atoms with Crippen molar-refractivity contribution in [2.75, 3.05) is 13.1 Å². The molecular weight excluding hydrogens is 150 g/mol. The van der Waals surface area contributed by atoms with E-state index in [4.69, 9.17) is 5.73 Å². The molecule has 0 fully saturated rings. The van der Waals surface area contributed by atoms with Crippen LogP contribution in [0.4, 0.5) is 8.78 Å². The predicted molar refractivity (Wildman–Crippen MR) is 41.8 cm³/mol. The van der Waals surface area contributed by atoms with Crippen molar-refractivity contribution in [2.45, 2.75) is 32.2 Å². The SMILES string of the molecule is CCCC(CN)NCC(F)F. The van der Waals surface area contributed by atoms with Gasteiger partial charge in [-0.1, -0.05) is 13.3 Å². The van der Waals surface area contributed by atoms with Gasteiger partial charge in [0.15, 0.2) is 0 Å². The maximum Gasteiger partial charge on any atom is 0.250 e. The molecule has 0 rings (SSSR count). The molecule has 0 saturated heterocycles. The van der Waals surface area contributed by atoms with Gasteiger partial charge in [-0.25, -0.2) is 8.78 Å². The maximum atomic E-state index is 11.7. The van der Waals surface area contributed by atoms with Crippen LogP contribution in [0.2, 0.25) is 0 Å². The molecule has 11 heavy (non-hydrogen) atoms. The zero-order valence-electron chi connectivity index (χ0n) is 6.82. The van der Waals surface area contributed by atoms with Gasteiger partial charge in [0.2, 0.25) is 0 Å². The molecule has 0 aromatic rings. The minimum atomic E-state index is -2.28. The van der Waals surface area contributed by atoms with Crippen molar-refractivity contribution in [3.8, 4) is 0 Å². The standard InChI is InChI=1S/C7H16F2N2/c1-2-3-6(4-10)11-5-7(8)9/h6-7,11H,2-5,10H2,1H3. The third-order valence-corrected chi connectivity index (χ3v) is 1.48. The third kappa shape index (κ3) is 6.19. The highest BCUT2D eigenvalue weighted by molar-refractivity contribution is 4.66. The number of hydrogen-bond acceptors (Lipinski definition) is 2. The van der Waals surface area contributed by atoms with E-state index in [1.807, 2.05) is 6.92 Å². The summed E-state index contributed by atoms with van der Waals surface area (Å²) in [4.78, 5) is 0. The Morgan fingerprint density at radius 1 is 1.45 bits per heavy atom. The largest absolute Gasteiger partial charge is 0.329 e. The summed E-state index contributed by atoms with van der Waals surface area (Å²) >= 11 is 0. The van der Waals surface area contributed by atoms with Gasteiger partial charge in [-0.05, 0) is 6.42 Å². The van der Waals surface area contributed by atoms with E-state index in [2.05, 4.69) is 5.32 Å². The van der Waals surface area contributed by atoms with Crippen LogP contribution in [0.15, 0.2) is 0 Å². The van der Waals surface area contributed by atoms with E-state index in [0.717, 1.165) is 12.8 Å². The summed E-state index contributed by atoms with van der Waals surface area (Å²) in [5, 5.41) is 2.69. The van der Waals surface area contributed by atoms with Gasteiger partial charge >= 0.3 is 0 Å². The quantitative estimate of drug-likeness (QED) is 0.617. The molecular formula is C7H16F2N2. The predicted octanol–water partition coefficient (Wildman–Crippen LogP) is 0.969. The molecule has 1 unspecified atom stereocenters. The molecule has 68 valence electrons. The second kappa shape index (κ2) is 6.49. The molecule has 4 heteroatoms. The zero-order chi connectivity index (χ0) is 8.69. The van der Waals surface area contributed by atoms with Crippen LogP contribution in [0.3, 0.4) is 0 Å². The summed E-state index contributed by atoms with van der Waals surface area (Å²) < 4.78 is 23.3. The van der Waals surface area contributed by atoms with Gasteiger partial charge in [-0.2, -0.15) is 0 Å². The first-order valence-electron chi connectivity index (χ1n) is 3.92. The van der Waals surface area contributed by atoms with Crippen LogP contribution in [0.1, 0.15) is 19.8 Å². The van der Waals surface area contributed by atoms with Crippen molar-refractivity contribution >= 4 is 0 Å². The van der Waals surface area contributed by atoms with E-state index < -0.39 is 6.43 Å². The topological polar surface area (TPSA) is 38.0 Å². The molecule has 0 saturated carbocycles. The first-order chi connectivity index (χ1) is 5.20. The normalized spacial score (nSPS) is 13.9. The van der Waals surface area contributed by atoms with Crippen LogP contribution in [0, 0.1) is 0 Å². The summed E-state index contributed by atoms with van der Waals surface area (Å²) in [6, 6.07) is 0.0500. The number of halogens is 2. The number of rotatable bonds is 6. The minimum Gasteiger partial charge on any atom is -0.329 e. The fraction of sp³-hybridized carbons (Fsp3) is 1.00. The van der Waals surface area contributed by atoms with Gasteiger partial charge in [-0.3, -0.25) is 0 Å². The van der Waals surface area contributed by atoms with Crippen molar-refractivity contribution in [2.24, 2.45) is 5.73 Å². The van der Waals surface area contributed by atoms with Crippen LogP contribution < -0.4 is 11.1 Å². The van der Waals surface area contributed by atoms with E-state index in [1.165, 1.54) is 0 Å². The summed E-state index contributed by atoms with van der Waals surface area (Å²) in [5.74, 6) is 0. The van der Waals surface area contributed by atoms with Gasteiger partial charge in [0, 0.05) is 12.6 Å². The van der Waals surface area contributed by atoms with E-state index in [1.54, 1.807) is 0 Å². The fourth-order valence-electron chi connectivity index (χ4n) is 0.907. The molecule has 0 aromatic heterocycles. The lowest BCUT2D eigenvalue weighted by Crippen LogP contribution is -2.38. The van der Waals surface area contributed by atoms with Crippen molar-refractivity contribution in [1.82, 2.24) is 5.32 Å². The monoisotopic (exact) mass is 166 g/mol. The average Bonchev–Trinajstić information content (AvgIpc) is 1.97. The second-order valence-electron chi connectivity index (χ2n) is 2.52. The average molecular weight is 166 g/mol. The van der Waals surface area contributed by atoms with E-state index in [-0.39, 0.29) is 12.6 Å². The highest BCUT2D eigenvalue weighted by atomic mass is 19.3. The molecule has 0 aromatic carbocycles. The highest BCUT2D eigenvalue weighted by Crippen LogP contribution is 1.96. The third-order valence-electron chi connectivity index (χ3n) is 1.48. The van der Waals surface area contributed by atoms with Crippen molar-refractivity contribution in [3.05, 3.63) is 0 Å². The van der Waals surface area contributed by atoms with E-state index in [9.17, 15) is 8.78 Å². The molecule has 0 spiro atoms. The number of nitrogens with two attached hydrogens (primary N) is 1. The van der Waals surface area contributed by atoms with E-state index >= 15 is 0 Å². The maximum absolute atomic E-state index is 11.7. The Labute approximate surface area is 66.1 Å². The lowest BCUT2D eigenvalue weighted by molar-refractivity contribution is 0.141. The van der Waals surface area contributed by atoms with Gasteiger partial charge in [0.05, 0.1) is 6.54 Å². The molecule has 3 N–H and O–H groups in total. The minimum absolute atomic E-state index is 0.0500. The number of hydrogen-bond donors (Lipinski definition) is 2. The molecule has 0 aliphatic rings. The lowest BCUT2D eigenvalue weighted by atomic mass is 10.2. The van der Waals surface area contributed by atoms with Gasteiger partial charge < -0.3 is 11.1 Å². The van der Waals surface area contributed by atoms with Crippen LogP contribution in [0.5, 0.6) is 0 Å². The van der Waals surface area contributed by atoms with Crippen LogP contribution in [-0.2, 0) is 0 Å². The Bertz CT molecular complexity index is 88.5. The summed E-state index contributed by atoms with van der Waals surface area (Å²) in [7, 11) is 0. The molecule has 0 aliphatic heterocycles. The molecule has 0 aliphatic carbocycles. The number of nitrogens with one attached hydrogen (secondary N) is 1. The van der Waals surface area contributed by atoms with Crippen molar-refractivity contribution in [3.63, 3.8) is 0 Å². The Morgan fingerprint density at radius 3 is 2.45 bits per heavy atom. The second-order valence-corrected chi connectivity index (χ2v) is 2.52. The summed E-state index contributed by atoms with van der Waals surface area (Å²) in [5.41, 5.74) is 5.34. The van der Waals surface area contributed by atoms with E-state index in [0.29, 0.717) is 6.54 Å². The van der Waals surface area contributed by atoms with Crippen LogP contribution in [-0.4, -0.2) is 25.6 Å². The first-order valence-corrected chi connectivity index (χ1v) is 3.92. The molecule has 0 radical (unpaired) electrons. The fourth-order valence-corrected chi connectivity index (χ4v) is 0.907. The first kappa shape index (κ1) is 10.8. The zero-order valence-corrected chi connectivity index (χ0v) is 6.82. The summed E-state index contributed by atoms with van der Waals surface area (Å²) in [6.07, 6.45) is -0.442. The van der Waals surface area contributed by atoms with Crippen LogP contribution >= 0.6 is 0 Å².